The van der Waals surface area contributed by atoms with Crippen LogP contribution in [0, 0.1) is 25.7 Å². The van der Waals surface area contributed by atoms with Crippen LogP contribution in [0.4, 0.5) is 0 Å². The molecule has 0 fully saturated rings. The van der Waals surface area contributed by atoms with Crippen LogP contribution in [-0.4, -0.2) is 117 Å². The number of Topliss-reactive ketones (excluding diaryl/α,β-unsaturated/α-hetero) is 2. The molecule has 15 nitrogen and oxygen atoms in total. The number of rotatable bonds is 28. The molecular formula is C42H66N8O7S2. The largest absolute Gasteiger partial charge is 0.381 e. The van der Waals surface area contributed by atoms with Gasteiger partial charge in [-0.3, -0.25) is 19.6 Å². The summed E-state index contributed by atoms with van der Waals surface area (Å²) in [6, 6.07) is 2.22. The Morgan fingerprint density at radius 2 is 1.03 bits per heavy atom. The zero-order valence-corrected chi connectivity index (χ0v) is 38.0. The molecule has 0 spiro atoms. The number of carbonyl (C=O) groups excluding carboxylic acids is 2. The Morgan fingerprint density at radius 3 is 1.41 bits per heavy atom. The molecule has 0 aromatic carbocycles. The van der Waals surface area contributed by atoms with Crippen LogP contribution in [-0.2, 0) is 47.5 Å². The van der Waals surface area contributed by atoms with E-state index in [9.17, 15) is 26.4 Å². The van der Waals surface area contributed by atoms with Crippen LogP contribution < -0.4 is 0 Å². The van der Waals surface area contributed by atoms with Gasteiger partial charge in [0.1, 0.15) is 22.7 Å². The van der Waals surface area contributed by atoms with Gasteiger partial charge in [0.25, 0.3) is 0 Å². The summed E-state index contributed by atoms with van der Waals surface area (Å²) in [5.41, 5.74) is 3.69. The van der Waals surface area contributed by atoms with Gasteiger partial charge in [-0.1, -0.05) is 40.5 Å². The van der Waals surface area contributed by atoms with E-state index in [-0.39, 0.29) is 61.0 Å². The number of imidazole rings is 2. The Labute approximate surface area is 351 Å². The number of sulfonamides is 2. The van der Waals surface area contributed by atoms with Crippen LogP contribution in [0.15, 0.2) is 36.9 Å². The van der Waals surface area contributed by atoms with Crippen molar-refractivity contribution >= 4 is 53.7 Å². The van der Waals surface area contributed by atoms with Crippen molar-refractivity contribution in [3.8, 4) is 0 Å². The van der Waals surface area contributed by atoms with Gasteiger partial charge in [0.2, 0.25) is 20.0 Å². The predicted molar refractivity (Wildman–Crippen MR) is 232 cm³/mol. The first-order chi connectivity index (χ1) is 27.9. The fourth-order valence-corrected chi connectivity index (χ4v) is 10.4. The highest BCUT2D eigenvalue weighted by Crippen LogP contribution is 2.21. The van der Waals surface area contributed by atoms with Crippen molar-refractivity contribution < 1.29 is 31.2 Å². The first-order valence-corrected chi connectivity index (χ1v) is 24.2. The van der Waals surface area contributed by atoms with E-state index in [1.807, 2.05) is 53.7 Å². The third-order valence-corrected chi connectivity index (χ3v) is 14.8. The number of fused-ring (bicyclic) bond motifs is 2. The van der Waals surface area contributed by atoms with Crippen LogP contribution in [0.5, 0.6) is 0 Å². The van der Waals surface area contributed by atoms with Crippen molar-refractivity contribution in [3.05, 3.63) is 48.6 Å². The Kier molecular flexibility index (Phi) is 18.1. The molecule has 0 saturated heterocycles. The number of pyridine rings is 2. The Bertz CT molecular complexity index is 2050. The molecule has 0 amide bonds. The molecule has 59 heavy (non-hydrogen) atoms. The highest BCUT2D eigenvalue weighted by Gasteiger charge is 2.33. The standard InChI is InChI=1S/C42H66N8O7S2/c1-31(2)27-39(47(7)58(53,54)25-13-9-11-21-49-33(5)45-35-29-43-19-15-37(35)49)41(51)17-23-57-24-18-42(52)40(28-32(3)4)48(8)59(55,56)26-14-10-12-22-50-34(6)46-36-30-44-20-16-38(36)50/h15-16,19-20,29-32,39-40H,9-14,17-18,21-28H2,1-8H3/t39-,40-/m0/s1. The highest BCUT2D eigenvalue weighted by atomic mass is 32.2. The monoisotopic (exact) mass is 858 g/mol. The minimum absolute atomic E-state index is 0.00325. The second-order valence-electron chi connectivity index (χ2n) is 16.5. The topological polar surface area (TPSA) is 180 Å². The van der Waals surface area contributed by atoms with Crippen LogP contribution in [0.1, 0.15) is 104 Å². The van der Waals surface area contributed by atoms with Crippen LogP contribution in [0.2, 0.25) is 0 Å². The second kappa shape index (κ2) is 22.3. The molecule has 328 valence electrons. The number of hydrogen-bond donors (Lipinski definition) is 0. The van der Waals surface area contributed by atoms with Crippen LogP contribution >= 0.6 is 0 Å². The van der Waals surface area contributed by atoms with E-state index in [2.05, 4.69) is 29.1 Å². The lowest BCUT2D eigenvalue weighted by Crippen LogP contribution is -2.44. The van der Waals surface area contributed by atoms with Crippen molar-refractivity contribution in [2.75, 3.05) is 38.8 Å². The molecule has 0 aliphatic rings. The smallest absolute Gasteiger partial charge is 0.214 e. The molecule has 4 rings (SSSR count). The Hall–Kier alpha value is -3.64. The second-order valence-corrected chi connectivity index (χ2v) is 20.8. The summed E-state index contributed by atoms with van der Waals surface area (Å²) in [6.07, 6.45) is 11.6. The highest BCUT2D eigenvalue weighted by molar-refractivity contribution is 7.89. The summed E-state index contributed by atoms with van der Waals surface area (Å²) in [5.74, 6) is 1.37. The lowest BCUT2D eigenvalue weighted by molar-refractivity contribution is -0.124. The van der Waals surface area contributed by atoms with Crippen molar-refractivity contribution in [3.63, 3.8) is 0 Å². The predicted octanol–water partition coefficient (Wildman–Crippen LogP) is 6.12. The van der Waals surface area contributed by atoms with Gasteiger partial charge in [-0.15, -0.1) is 0 Å². The van der Waals surface area contributed by atoms with Crippen LogP contribution in [0.3, 0.4) is 0 Å². The number of unbranched alkanes of at least 4 members (excludes halogenated alkanes) is 4. The van der Waals surface area contributed by atoms with Crippen molar-refractivity contribution in [2.45, 2.75) is 131 Å². The quantitative estimate of drug-likeness (QED) is 0.0601. The van der Waals surface area contributed by atoms with Crippen molar-refractivity contribution in [2.24, 2.45) is 11.8 Å². The first-order valence-electron chi connectivity index (χ1n) is 21.0. The van der Waals surface area contributed by atoms with Gasteiger partial charge in [0, 0.05) is 52.4 Å². The minimum atomic E-state index is -3.70. The molecule has 0 radical (unpaired) electrons. The average molecular weight is 859 g/mol. The molecule has 2 atom stereocenters. The van der Waals surface area contributed by atoms with Crippen molar-refractivity contribution in [1.29, 1.82) is 0 Å². The maximum absolute atomic E-state index is 13.4. The summed E-state index contributed by atoms with van der Waals surface area (Å²) >= 11 is 0. The molecule has 0 aliphatic carbocycles. The minimum Gasteiger partial charge on any atom is -0.381 e. The normalized spacial score (nSPS) is 13.8. The van der Waals surface area contributed by atoms with E-state index in [0.29, 0.717) is 38.5 Å². The maximum Gasteiger partial charge on any atom is 0.214 e. The zero-order valence-electron chi connectivity index (χ0n) is 36.3. The number of aryl methyl sites for hydroxylation is 4. The number of ketones is 2. The molecule has 4 aromatic heterocycles. The lowest BCUT2D eigenvalue weighted by atomic mass is 9.99. The Morgan fingerprint density at radius 1 is 0.644 bits per heavy atom. The van der Waals surface area contributed by atoms with E-state index < -0.39 is 32.1 Å². The number of ether oxygens (including phenoxy) is 1. The average Bonchev–Trinajstić information content (AvgIpc) is 3.68. The number of likely N-dealkylation sites (N-methyl/N-ethyl adjacent to an activating group) is 2. The van der Waals surface area contributed by atoms with Gasteiger partial charge < -0.3 is 13.9 Å². The molecule has 0 N–H and O–H groups in total. The molecule has 4 aromatic rings. The number of hydrogen-bond acceptors (Lipinski definition) is 11. The van der Waals surface area contributed by atoms with Crippen molar-refractivity contribution in [1.82, 2.24) is 37.7 Å². The van der Waals surface area contributed by atoms with Gasteiger partial charge in [-0.2, -0.15) is 8.61 Å². The molecule has 4 heterocycles. The molecule has 0 unspecified atom stereocenters. The maximum atomic E-state index is 13.4. The van der Waals surface area contributed by atoms with Gasteiger partial charge in [0.05, 0.1) is 60.2 Å². The van der Waals surface area contributed by atoms with E-state index >= 15 is 0 Å². The number of carbonyl (C=O) groups is 2. The first kappa shape index (κ1) is 48.0. The third-order valence-electron chi connectivity index (χ3n) is 10.9. The third kappa shape index (κ3) is 13.7. The van der Waals surface area contributed by atoms with Gasteiger partial charge >= 0.3 is 0 Å². The zero-order chi connectivity index (χ0) is 43.3. The Balaban J connectivity index is 1.20. The molecule has 17 heteroatoms. The van der Waals surface area contributed by atoms with E-state index in [4.69, 9.17) is 4.74 Å². The van der Waals surface area contributed by atoms with Crippen LogP contribution in [0.25, 0.3) is 22.1 Å². The summed E-state index contributed by atoms with van der Waals surface area (Å²) in [4.78, 5) is 44.3. The van der Waals surface area contributed by atoms with E-state index in [1.165, 1.54) is 22.7 Å². The summed E-state index contributed by atoms with van der Waals surface area (Å²) < 4.78 is 66.1. The lowest BCUT2D eigenvalue weighted by Gasteiger charge is -2.28. The molecule has 0 saturated carbocycles. The van der Waals surface area contributed by atoms with E-state index in [0.717, 1.165) is 59.6 Å². The molecule has 0 aliphatic heterocycles. The molecule has 0 bridgehead atoms. The SMILES string of the molecule is Cc1nc2cnccc2n1CCCCCS(=O)(=O)N(C)[C@@H](CC(C)C)C(=O)CCOCCC(=O)[C@H](CC(C)C)N(C)S(=O)(=O)CCCCCn1c(C)nc2cnccc21. The number of aromatic nitrogens is 6. The van der Waals surface area contributed by atoms with Gasteiger partial charge in [-0.25, -0.2) is 26.8 Å². The summed E-state index contributed by atoms with van der Waals surface area (Å²) in [5, 5.41) is 0. The molecular weight excluding hydrogens is 793 g/mol. The van der Waals surface area contributed by atoms with Gasteiger partial charge in [0.15, 0.2) is 11.6 Å². The fraction of sp³-hybridized carbons (Fsp3) is 0.667. The van der Waals surface area contributed by atoms with Gasteiger partial charge in [-0.05, 0) is 76.3 Å². The van der Waals surface area contributed by atoms with E-state index in [1.54, 1.807) is 24.8 Å². The summed E-state index contributed by atoms with van der Waals surface area (Å²) in [6.45, 7) is 13.2. The number of nitrogens with zero attached hydrogens (tertiary/aromatic N) is 8. The summed E-state index contributed by atoms with van der Waals surface area (Å²) in [7, 11) is -4.44. The fourth-order valence-electron chi connectivity index (χ4n) is 7.55.